The molecule has 80 valence electrons. The van der Waals surface area contributed by atoms with E-state index in [2.05, 4.69) is 9.97 Å². The van der Waals surface area contributed by atoms with Crippen molar-refractivity contribution in [2.75, 3.05) is 0 Å². The fourth-order valence-electron chi connectivity index (χ4n) is 1.22. The van der Waals surface area contributed by atoms with Crippen molar-refractivity contribution in [3.8, 4) is 10.6 Å². The van der Waals surface area contributed by atoms with E-state index in [1.54, 1.807) is 20.0 Å². The second kappa shape index (κ2) is 3.63. The number of hydrogen-bond donors (Lipinski definition) is 2. The van der Waals surface area contributed by atoms with Crippen LogP contribution in [-0.4, -0.2) is 15.1 Å². The Labute approximate surface area is 96.7 Å². The molecule has 0 amide bonds. The lowest BCUT2D eigenvalue weighted by Crippen LogP contribution is -2.17. The summed E-state index contributed by atoms with van der Waals surface area (Å²) in [5.41, 5.74) is -0.0664. The lowest BCUT2D eigenvalue weighted by molar-refractivity contribution is 0.0697. The number of aromatic amines is 1. The summed E-state index contributed by atoms with van der Waals surface area (Å²) >= 11 is 7.32. The summed E-state index contributed by atoms with van der Waals surface area (Å²) in [6, 6.07) is 3.76. The molecule has 0 spiro atoms. The van der Waals surface area contributed by atoms with Gasteiger partial charge in [-0.25, -0.2) is 4.98 Å². The second-order valence-corrected chi connectivity index (χ2v) is 5.52. The van der Waals surface area contributed by atoms with Crippen LogP contribution in [-0.2, 0) is 5.60 Å². The summed E-state index contributed by atoms with van der Waals surface area (Å²) in [5, 5.41) is 9.74. The SMILES string of the molecule is CC(C)(O)c1ncc(-c2ccc(Cl)s2)[nH]1. The Morgan fingerprint density at radius 1 is 1.47 bits per heavy atom. The minimum atomic E-state index is -0.945. The van der Waals surface area contributed by atoms with E-state index in [0.29, 0.717) is 5.82 Å². The summed E-state index contributed by atoms with van der Waals surface area (Å²) in [5.74, 6) is 0.557. The molecule has 0 saturated heterocycles. The molecular formula is C10H11ClN2OS. The largest absolute Gasteiger partial charge is 0.383 e. The number of imidazole rings is 1. The normalized spacial score (nSPS) is 12.0. The van der Waals surface area contributed by atoms with E-state index in [-0.39, 0.29) is 0 Å². The van der Waals surface area contributed by atoms with E-state index in [1.807, 2.05) is 12.1 Å². The highest BCUT2D eigenvalue weighted by Gasteiger charge is 2.20. The molecule has 0 radical (unpaired) electrons. The van der Waals surface area contributed by atoms with Gasteiger partial charge < -0.3 is 10.1 Å². The third-order valence-corrected chi connectivity index (χ3v) is 3.26. The maximum absolute atomic E-state index is 9.74. The quantitative estimate of drug-likeness (QED) is 0.851. The van der Waals surface area contributed by atoms with Gasteiger partial charge in [0.1, 0.15) is 11.4 Å². The van der Waals surface area contributed by atoms with Crippen LogP contribution in [0, 0.1) is 0 Å². The highest BCUT2D eigenvalue weighted by Crippen LogP contribution is 2.30. The van der Waals surface area contributed by atoms with E-state index in [9.17, 15) is 5.11 Å². The lowest BCUT2D eigenvalue weighted by Gasteiger charge is -2.12. The van der Waals surface area contributed by atoms with Crippen molar-refractivity contribution in [2.24, 2.45) is 0 Å². The fraction of sp³-hybridized carbons (Fsp3) is 0.300. The van der Waals surface area contributed by atoms with Gasteiger partial charge in [0, 0.05) is 0 Å². The van der Waals surface area contributed by atoms with Crippen LogP contribution < -0.4 is 0 Å². The number of halogens is 1. The molecule has 0 saturated carbocycles. The molecule has 0 aromatic carbocycles. The number of hydrogen-bond acceptors (Lipinski definition) is 3. The number of aliphatic hydroxyl groups is 1. The van der Waals surface area contributed by atoms with Crippen LogP contribution in [0.3, 0.4) is 0 Å². The van der Waals surface area contributed by atoms with E-state index in [1.165, 1.54) is 11.3 Å². The van der Waals surface area contributed by atoms with Gasteiger partial charge >= 0.3 is 0 Å². The highest BCUT2D eigenvalue weighted by molar-refractivity contribution is 7.19. The van der Waals surface area contributed by atoms with Gasteiger partial charge in [-0.05, 0) is 26.0 Å². The molecule has 2 N–H and O–H groups in total. The Hall–Kier alpha value is -0.840. The van der Waals surface area contributed by atoms with Crippen LogP contribution in [0.25, 0.3) is 10.6 Å². The molecule has 3 nitrogen and oxygen atoms in total. The van der Waals surface area contributed by atoms with E-state index >= 15 is 0 Å². The molecule has 2 aromatic rings. The zero-order valence-electron chi connectivity index (χ0n) is 8.41. The van der Waals surface area contributed by atoms with Gasteiger partial charge in [0.25, 0.3) is 0 Å². The van der Waals surface area contributed by atoms with E-state index < -0.39 is 5.60 Å². The van der Waals surface area contributed by atoms with Gasteiger partial charge in [-0.1, -0.05) is 11.6 Å². The maximum atomic E-state index is 9.74. The third-order valence-electron chi connectivity index (χ3n) is 1.99. The van der Waals surface area contributed by atoms with E-state index in [4.69, 9.17) is 11.6 Å². The molecule has 0 aliphatic carbocycles. The van der Waals surface area contributed by atoms with Gasteiger partial charge in [0.05, 0.1) is 21.1 Å². The summed E-state index contributed by atoms with van der Waals surface area (Å²) in [6.45, 7) is 3.38. The molecule has 2 aromatic heterocycles. The molecule has 0 fully saturated rings. The molecule has 2 rings (SSSR count). The molecule has 0 atom stereocenters. The first-order valence-corrected chi connectivity index (χ1v) is 5.70. The summed E-state index contributed by atoms with van der Waals surface area (Å²) in [6.07, 6.45) is 1.70. The second-order valence-electron chi connectivity index (χ2n) is 3.81. The van der Waals surface area contributed by atoms with Crippen molar-refractivity contribution in [1.82, 2.24) is 9.97 Å². The Morgan fingerprint density at radius 3 is 2.67 bits per heavy atom. The van der Waals surface area contributed by atoms with Gasteiger partial charge in [-0.3, -0.25) is 0 Å². The maximum Gasteiger partial charge on any atom is 0.138 e. The van der Waals surface area contributed by atoms with Crippen molar-refractivity contribution < 1.29 is 5.11 Å². The van der Waals surface area contributed by atoms with Crippen molar-refractivity contribution in [2.45, 2.75) is 19.4 Å². The number of nitrogens with zero attached hydrogens (tertiary/aromatic N) is 1. The third kappa shape index (κ3) is 2.22. The van der Waals surface area contributed by atoms with Crippen LogP contribution in [0.5, 0.6) is 0 Å². The zero-order chi connectivity index (χ0) is 11.1. The number of H-pyrrole nitrogens is 1. The molecule has 0 unspecified atom stereocenters. The zero-order valence-corrected chi connectivity index (χ0v) is 9.99. The monoisotopic (exact) mass is 242 g/mol. The van der Waals surface area contributed by atoms with Crippen LogP contribution in [0.4, 0.5) is 0 Å². The average Bonchev–Trinajstić information content (AvgIpc) is 2.69. The topological polar surface area (TPSA) is 48.9 Å². The first kappa shape index (κ1) is 10.7. The van der Waals surface area contributed by atoms with Crippen molar-refractivity contribution in [3.05, 3.63) is 28.5 Å². The number of aromatic nitrogens is 2. The molecule has 2 heterocycles. The minimum absolute atomic E-state index is 0.557. The van der Waals surface area contributed by atoms with Crippen molar-refractivity contribution in [1.29, 1.82) is 0 Å². The fourth-order valence-corrected chi connectivity index (χ4v) is 2.22. The Kier molecular flexibility index (Phi) is 2.58. The molecule has 0 bridgehead atoms. The van der Waals surface area contributed by atoms with Crippen LogP contribution >= 0.6 is 22.9 Å². The van der Waals surface area contributed by atoms with E-state index in [0.717, 1.165) is 14.9 Å². The van der Waals surface area contributed by atoms with Crippen molar-refractivity contribution >= 4 is 22.9 Å². The summed E-state index contributed by atoms with van der Waals surface area (Å²) < 4.78 is 0.740. The summed E-state index contributed by atoms with van der Waals surface area (Å²) in [4.78, 5) is 8.22. The van der Waals surface area contributed by atoms with Crippen molar-refractivity contribution in [3.63, 3.8) is 0 Å². The lowest BCUT2D eigenvalue weighted by atomic mass is 10.1. The highest BCUT2D eigenvalue weighted by atomic mass is 35.5. The number of thiophene rings is 1. The smallest absolute Gasteiger partial charge is 0.138 e. The Bertz CT molecular complexity index is 470. The average molecular weight is 243 g/mol. The van der Waals surface area contributed by atoms with Crippen LogP contribution in [0.2, 0.25) is 4.34 Å². The molecular weight excluding hydrogens is 232 g/mol. The van der Waals surface area contributed by atoms with Gasteiger partial charge in [0.15, 0.2) is 0 Å². The van der Waals surface area contributed by atoms with Gasteiger partial charge in [0.2, 0.25) is 0 Å². The molecule has 0 aliphatic rings. The molecule has 15 heavy (non-hydrogen) atoms. The first-order chi connectivity index (χ1) is 6.97. The van der Waals surface area contributed by atoms with Gasteiger partial charge in [-0.2, -0.15) is 0 Å². The standard InChI is InChI=1S/C10H11ClN2OS/c1-10(2,14)9-12-5-6(13-9)7-3-4-8(11)15-7/h3-5,14H,1-2H3,(H,12,13). The first-order valence-electron chi connectivity index (χ1n) is 4.50. The van der Waals surface area contributed by atoms with Crippen LogP contribution in [0.1, 0.15) is 19.7 Å². The Morgan fingerprint density at radius 2 is 2.20 bits per heavy atom. The molecule has 5 heteroatoms. The number of rotatable bonds is 2. The number of nitrogens with one attached hydrogen (secondary N) is 1. The predicted molar refractivity (Wildman–Crippen MR) is 62.2 cm³/mol. The minimum Gasteiger partial charge on any atom is -0.383 e. The van der Waals surface area contributed by atoms with Gasteiger partial charge in [-0.15, -0.1) is 11.3 Å². The Balaban J connectivity index is 2.36. The van der Waals surface area contributed by atoms with Crippen LogP contribution in [0.15, 0.2) is 18.3 Å². The molecule has 0 aliphatic heterocycles. The predicted octanol–water partition coefficient (Wildman–Crippen LogP) is 3.02. The summed E-state index contributed by atoms with van der Waals surface area (Å²) in [7, 11) is 0.